The first-order valence-electron chi connectivity index (χ1n) is 5.84. The van der Waals surface area contributed by atoms with Crippen molar-refractivity contribution in [2.75, 3.05) is 20.3 Å². The van der Waals surface area contributed by atoms with Crippen molar-refractivity contribution in [2.45, 2.75) is 19.1 Å². The fraction of sp³-hybridized carbons (Fsp3) is 0.500. The fourth-order valence-electron chi connectivity index (χ4n) is 1.62. The number of nitrogens with zero attached hydrogens (tertiary/aromatic N) is 1. The van der Waals surface area contributed by atoms with E-state index in [9.17, 15) is 15.2 Å². The van der Waals surface area contributed by atoms with E-state index in [2.05, 4.69) is 21.2 Å². The molecule has 1 aromatic rings. The Bertz CT molecular complexity index is 428. The predicted octanol–water partition coefficient (Wildman–Crippen LogP) is 1.84. The van der Waals surface area contributed by atoms with Crippen molar-refractivity contribution in [1.82, 2.24) is 5.32 Å². The van der Waals surface area contributed by atoms with E-state index < -0.39 is 11.0 Å². The molecular weight excluding hydrogens is 316 g/mol. The Hall–Kier alpha value is -1.02. The van der Waals surface area contributed by atoms with E-state index in [0.29, 0.717) is 30.6 Å². The predicted molar refractivity (Wildman–Crippen MR) is 75.0 cm³/mol. The SMILES string of the molecule is COCC(O)CCNCc1cc(Br)cc([N+](=O)[O-])c1. The van der Waals surface area contributed by atoms with Gasteiger partial charge in [-0.25, -0.2) is 0 Å². The molecule has 0 heterocycles. The topological polar surface area (TPSA) is 84.6 Å². The highest BCUT2D eigenvalue weighted by Gasteiger charge is 2.08. The third-order valence-electron chi connectivity index (χ3n) is 2.50. The van der Waals surface area contributed by atoms with Crippen molar-refractivity contribution in [1.29, 1.82) is 0 Å². The summed E-state index contributed by atoms with van der Waals surface area (Å²) in [5.74, 6) is 0. The zero-order valence-electron chi connectivity index (χ0n) is 10.6. The Morgan fingerprint density at radius 1 is 1.53 bits per heavy atom. The molecule has 6 nitrogen and oxygen atoms in total. The number of ether oxygens (including phenoxy) is 1. The number of methoxy groups -OCH3 is 1. The van der Waals surface area contributed by atoms with Crippen LogP contribution in [-0.2, 0) is 11.3 Å². The van der Waals surface area contributed by atoms with Crippen LogP contribution in [0.3, 0.4) is 0 Å². The van der Waals surface area contributed by atoms with Crippen LogP contribution < -0.4 is 5.32 Å². The van der Waals surface area contributed by atoms with E-state index in [4.69, 9.17) is 4.74 Å². The lowest BCUT2D eigenvalue weighted by molar-refractivity contribution is -0.385. The largest absolute Gasteiger partial charge is 0.391 e. The maximum atomic E-state index is 10.7. The number of nitrogens with one attached hydrogen (secondary N) is 1. The highest BCUT2D eigenvalue weighted by Crippen LogP contribution is 2.21. The summed E-state index contributed by atoms with van der Waals surface area (Å²) >= 11 is 3.25. The van der Waals surface area contributed by atoms with Gasteiger partial charge in [0, 0.05) is 30.3 Å². The molecule has 0 aliphatic heterocycles. The lowest BCUT2D eigenvalue weighted by Crippen LogP contribution is -2.23. The van der Waals surface area contributed by atoms with Crippen LogP contribution in [0.4, 0.5) is 5.69 Å². The molecule has 0 aliphatic carbocycles. The van der Waals surface area contributed by atoms with Crippen molar-refractivity contribution in [2.24, 2.45) is 0 Å². The van der Waals surface area contributed by atoms with Crippen LogP contribution in [0.25, 0.3) is 0 Å². The second kappa shape index (κ2) is 8.21. The first-order valence-corrected chi connectivity index (χ1v) is 6.64. The molecule has 19 heavy (non-hydrogen) atoms. The maximum absolute atomic E-state index is 10.7. The smallest absolute Gasteiger partial charge is 0.270 e. The molecule has 1 aromatic carbocycles. The first-order chi connectivity index (χ1) is 9.02. The van der Waals surface area contributed by atoms with Gasteiger partial charge in [-0.15, -0.1) is 0 Å². The Morgan fingerprint density at radius 3 is 2.89 bits per heavy atom. The van der Waals surface area contributed by atoms with Crippen molar-refractivity contribution in [3.05, 3.63) is 38.3 Å². The van der Waals surface area contributed by atoms with Gasteiger partial charge in [0.1, 0.15) is 0 Å². The van der Waals surface area contributed by atoms with Gasteiger partial charge in [0.15, 0.2) is 0 Å². The molecule has 1 rings (SSSR count). The number of non-ortho nitro benzene ring substituents is 1. The van der Waals surface area contributed by atoms with Crippen LogP contribution in [0.1, 0.15) is 12.0 Å². The third-order valence-corrected chi connectivity index (χ3v) is 2.95. The van der Waals surface area contributed by atoms with E-state index in [1.807, 2.05) is 6.07 Å². The molecule has 2 N–H and O–H groups in total. The van der Waals surface area contributed by atoms with Gasteiger partial charge in [0.25, 0.3) is 5.69 Å². The number of hydrogen-bond donors (Lipinski definition) is 2. The molecule has 0 radical (unpaired) electrons. The standard InChI is InChI=1S/C12H17BrN2O4/c1-19-8-12(16)2-3-14-7-9-4-10(13)6-11(5-9)15(17)18/h4-6,12,14,16H,2-3,7-8H2,1H3. The number of aliphatic hydroxyl groups is 1. The summed E-state index contributed by atoms with van der Waals surface area (Å²) in [6.07, 6.45) is 0.0820. The molecule has 0 aromatic heterocycles. The fourth-order valence-corrected chi connectivity index (χ4v) is 2.15. The van der Waals surface area contributed by atoms with Crippen molar-refractivity contribution in [3.63, 3.8) is 0 Å². The molecule has 0 saturated heterocycles. The summed E-state index contributed by atoms with van der Waals surface area (Å²) in [4.78, 5) is 10.3. The third kappa shape index (κ3) is 6.11. The Balaban J connectivity index is 2.43. The van der Waals surface area contributed by atoms with Gasteiger partial charge >= 0.3 is 0 Å². The summed E-state index contributed by atoms with van der Waals surface area (Å²) in [5.41, 5.74) is 0.882. The van der Waals surface area contributed by atoms with Crippen LogP contribution in [0.5, 0.6) is 0 Å². The highest BCUT2D eigenvalue weighted by molar-refractivity contribution is 9.10. The van der Waals surface area contributed by atoms with E-state index in [-0.39, 0.29) is 5.69 Å². The van der Waals surface area contributed by atoms with Gasteiger partial charge in [-0.1, -0.05) is 15.9 Å². The molecule has 0 fully saturated rings. The Labute approximate surface area is 120 Å². The summed E-state index contributed by atoms with van der Waals surface area (Å²) < 4.78 is 5.50. The van der Waals surface area contributed by atoms with Crippen LogP contribution in [0, 0.1) is 10.1 Å². The number of nitro benzene ring substituents is 1. The highest BCUT2D eigenvalue weighted by atomic mass is 79.9. The van der Waals surface area contributed by atoms with Gasteiger partial charge in [-0.05, 0) is 24.6 Å². The number of aliphatic hydroxyl groups excluding tert-OH is 1. The quantitative estimate of drug-likeness (QED) is 0.431. The van der Waals surface area contributed by atoms with Crippen LogP contribution in [0.2, 0.25) is 0 Å². The van der Waals surface area contributed by atoms with Crippen LogP contribution in [-0.4, -0.2) is 36.4 Å². The lowest BCUT2D eigenvalue weighted by atomic mass is 10.2. The number of benzene rings is 1. The van der Waals surface area contributed by atoms with Crippen molar-refractivity contribution < 1.29 is 14.8 Å². The Kier molecular flexibility index (Phi) is 6.93. The molecule has 0 amide bonds. The van der Waals surface area contributed by atoms with E-state index in [0.717, 1.165) is 5.56 Å². The summed E-state index contributed by atoms with van der Waals surface area (Å²) in [5, 5.41) is 23.3. The molecule has 0 spiro atoms. The average molecular weight is 333 g/mol. The number of nitro groups is 1. The van der Waals surface area contributed by atoms with E-state index in [1.54, 1.807) is 0 Å². The second-order valence-electron chi connectivity index (χ2n) is 4.15. The van der Waals surface area contributed by atoms with E-state index >= 15 is 0 Å². The zero-order valence-corrected chi connectivity index (χ0v) is 12.2. The molecule has 106 valence electrons. The molecule has 1 unspecified atom stereocenters. The minimum absolute atomic E-state index is 0.0607. The normalized spacial score (nSPS) is 12.4. The summed E-state index contributed by atoms with van der Waals surface area (Å²) in [7, 11) is 1.54. The minimum atomic E-state index is -0.491. The van der Waals surface area contributed by atoms with Crippen LogP contribution >= 0.6 is 15.9 Å². The zero-order chi connectivity index (χ0) is 14.3. The Morgan fingerprint density at radius 2 is 2.26 bits per heavy atom. The van der Waals surface area contributed by atoms with Gasteiger partial charge in [-0.2, -0.15) is 0 Å². The van der Waals surface area contributed by atoms with Gasteiger partial charge in [0.05, 0.1) is 17.6 Å². The molecule has 1 atom stereocenters. The number of hydrogen-bond acceptors (Lipinski definition) is 5. The van der Waals surface area contributed by atoms with Gasteiger partial charge in [0.2, 0.25) is 0 Å². The number of halogens is 1. The number of rotatable bonds is 8. The van der Waals surface area contributed by atoms with Crippen molar-refractivity contribution in [3.8, 4) is 0 Å². The molecule has 0 saturated carbocycles. The first kappa shape index (κ1) is 16.0. The van der Waals surface area contributed by atoms with Crippen LogP contribution in [0.15, 0.2) is 22.7 Å². The summed E-state index contributed by atoms with van der Waals surface area (Å²) in [6, 6.07) is 4.82. The molecule has 0 bridgehead atoms. The van der Waals surface area contributed by atoms with Gasteiger partial charge < -0.3 is 15.2 Å². The lowest BCUT2D eigenvalue weighted by Gasteiger charge is -2.10. The average Bonchev–Trinajstić information content (AvgIpc) is 2.34. The van der Waals surface area contributed by atoms with Gasteiger partial charge in [-0.3, -0.25) is 10.1 Å². The molecule has 0 aliphatic rings. The van der Waals surface area contributed by atoms with E-state index in [1.165, 1.54) is 19.2 Å². The van der Waals surface area contributed by atoms with Crippen molar-refractivity contribution >= 4 is 21.6 Å². The maximum Gasteiger partial charge on any atom is 0.270 e. The second-order valence-corrected chi connectivity index (χ2v) is 5.07. The monoisotopic (exact) mass is 332 g/mol. The minimum Gasteiger partial charge on any atom is -0.391 e. The molecule has 7 heteroatoms. The summed E-state index contributed by atoms with van der Waals surface area (Å²) in [6.45, 7) is 1.44. The molecular formula is C12H17BrN2O4.